The second-order valence-electron chi connectivity index (χ2n) is 6.91. The SMILES string of the molecule is Cc1ccccc1[C@H](/C=N/N1CCCC1)NC(=O)OC(C)(C)C. The predicted octanol–water partition coefficient (Wildman–Crippen LogP) is 3.64. The van der Waals surface area contributed by atoms with Gasteiger partial charge in [0, 0.05) is 13.1 Å². The molecule has 1 heterocycles. The molecular formula is C18H27N3O2. The molecule has 5 heteroatoms. The molecule has 0 aromatic heterocycles. The first-order chi connectivity index (χ1) is 10.8. The zero-order valence-electron chi connectivity index (χ0n) is 14.5. The molecule has 1 aliphatic rings. The van der Waals surface area contributed by atoms with E-state index >= 15 is 0 Å². The number of carbonyl (C=O) groups is 1. The van der Waals surface area contributed by atoms with Gasteiger partial charge >= 0.3 is 6.09 Å². The first-order valence-electron chi connectivity index (χ1n) is 8.19. The molecule has 1 fully saturated rings. The Bertz CT molecular complexity index is 558. The van der Waals surface area contributed by atoms with Crippen LogP contribution in [0.5, 0.6) is 0 Å². The summed E-state index contributed by atoms with van der Waals surface area (Å²) in [6.07, 6.45) is 3.72. The Kier molecular flexibility index (Phi) is 5.64. The van der Waals surface area contributed by atoms with E-state index in [0.29, 0.717) is 0 Å². The summed E-state index contributed by atoms with van der Waals surface area (Å²) in [5.41, 5.74) is 1.62. The van der Waals surface area contributed by atoms with Crippen LogP contribution >= 0.6 is 0 Å². The minimum absolute atomic E-state index is 0.299. The summed E-state index contributed by atoms with van der Waals surface area (Å²) in [6, 6.07) is 7.69. The second-order valence-corrected chi connectivity index (χ2v) is 6.91. The van der Waals surface area contributed by atoms with E-state index in [4.69, 9.17) is 4.74 Å². The third kappa shape index (κ3) is 5.58. The number of amides is 1. The first kappa shape index (κ1) is 17.3. The number of ether oxygens (including phenoxy) is 1. The van der Waals surface area contributed by atoms with Crippen molar-refractivity contribution in [3.63, 3.8) is 0 Å². The highest BCUT2D eigenvalue weighted by molar-refractivity contribution is 5.77. The first-order valence-corrected chi connectivity index (χ1v) is 8.19. The van der Waals surface area contributed by atoms with Gasteiger partial charge in [-0.3, -0.25) is 5.01 Å². The van der Waals surface area contributed by atoms with E-state index < -0.39 is 11.7 Å². The topological polar surface area (TPSA) is 53.9 Å². The standard InChI is InChI=1S/C18H27N3O2/c1-14-9-5-6-10-15(14)16(13-19-21-11-7-8-12-21)20-17(22)23-18(2,3)4/h5-6,9-10,13,16H,7-8,11-12H2,1-4H3,(H,20,22)/b19-13+/t16-/m0/s1. The van der Waals surface area contributed by atoms with Crippen LogP contribution in [-0.2, 0) is 4.74 Å². The molecule has 1 saturated heterocycles. The molecule has 1 atom stereocenters. The van der Waals surface area contributed by atoms with Crippen molar-refractivity contribution in [1.29, 1.82) is 0 Å². The molecule has 23 heavy (non-hydrogen) atoms. The Morgan fingerprint density at radius 1 is 1.30 bits per heavy atom. The Morgan fingerprint density at radius 3 is 2.57 bits per heavy atom. The van der Waals surface area contributed by atoms with E-state index in [0.717, 1.165) is 24.2 Å². The Morgan fingerprint density at radius 2 is 1.96 bits per heavy atom. The van der Waals surface area contributed by atoms with E-state index in [1.54, 1.807) is 6.21 Å². The fourth-order valence-corrected chi connectivity index (χ4v) is 2.54. The van der Waals surface area contributed by atoms with Crippen LogP contribution < -0.4 is 5.32 Å². The molecule has 0 saturated carbocycles. The molecule has 1 aromatic carbocycles. The Labute approximate surface area is 138 Å². The lowest BCUT2D eigenvalue weighted by Gasteiger charge is -2.23. The molecule has 1 aliphatic heterocycles. The number of alkyl carbamates (subject to hydrolysis) is 1. The average molecular weight is 317 g/mol. The molecule has 126 valence electrons. The van der Waals surface area contributed by atoms with Gasteiger partial charge in [0.2, 0.25) is 0 Å². The van der Waals surface area contributed by atoms with Crippen LogP contribution in [0.3, 0.4) is 0 Å². The van der Waals surface area contributed by atoms with Crippen LogP contribution in [0.2, 0.25) is 0 Å². The fraction of sp³-hybridized carbons (Fsp3) is 0.556. The normalized spacial score (nSPS) is 16.6. The second kappa shape index (κ2) is 7.49. The minimum atomic E-state index is -0.521. The lowest BCUT2D eigenvalue weighted by atomic mass is 10.0. The fourth-order valence-electron chi connectivity index (χ4n) is 2.54. The summed E-state index contributed by atoms with van der Waals surface area (Å²) in [4.78, 5) is 12.1. The molecule has 5 nitrogen and oxygen atoms in total. The number of nitrogens with zero attached hydrogens (tertiary/aromatic N) is 2. The van der Waals surface area contributed by atoms with Gasteiger partial charge in [0.05, 0.1) is 12.3 Å². The number of hydrogen-bond acceptors (Lipinski definition) is 4. The van der Waals surface area contributed by atoms with Gasteiger partial charge in [0.25, 0.3) is 0 Å². The molecule has 0 spiro atoms. The zero-order chi connectivity index (χ0) is 16.9. The number of hydrazone groups is 1. The lowest BCUT2D eigenvalue weighted by molar-refractivity contribution is 0.0518. The van der Waals surface area contributed by atoms with Crippen molar-refractivity contribution in [2.24, 2.45) is 5.10 Å². The smallest absolute Gasteiger partial charge is 0.408 e. The molecule has 1 aromatic rings. The van der Waals surface area contributed by atoms with Crippen molar-refractivity contribution < 1.29 is 9.53 Å². The van der Waals surface area contributed by atoms with Gasteiger partial charge in [-0.05, 0) is 51.7 Å². The highest BCUT2D eigenvalue weighted by Gasteiger charge is 2.21. The number of carbonyl (C=O) groups excluding carboxylic acids is 1. The number of nitrogens with one attached hydrogen (secondary N) is 1. The molecule has 1 amide bonds. The Balaban J connectivity index is 2.14. The number of benzene rings is 1. The quantitative estimate of drug-likeness (QED) is 0.863. The predicted molar refractivity (Wildman–Crippen MR) is 92.6 cm³/mol. The number of rotatable bonds is 4. The molecule has 0 radical (unpaired) electrons. The van der Waals surface area contributed by atoms with Crippen molar-refractivity contribution >= 4 is 12.3 Å². The average Bonchev–Trinajstić information content (AvgIpc) is 2.95. The van der Waals surface area contributed by atoms with Crippen LogP contribution in [0.4, 0.5) is 4.79 Å². The third-order valence-corrected chi connectivity index (χ3v) is 3.66. The van der Waals surface area contributed by atoms with Crippen molar-refractivity contribution in [1.82, 2.24) is 10.3 Å². The zero-order valence-corrected chi connectivity index (χ0v) is 14.5. The van der Waals surface area contributed by atoms with Gasteiger partial charge in [-0.15, -0.1) is 0 Å². The minimum Gasteiger partial charge on any atom is -0.444 e. The summed E-state index contributed by atoms with van der Waals surface area (Å²) >= 11 is 0. The number of aryl methyl sites for hydroxylation is 1. The van der Waals surface area contributed by atoms with Gasteiger partial charge in [-0.25, -0.2) is 4.79 Å². The summed E-state index contributed by atoms with van der Waals surface area (Å²) in [6.45, 7) is 9.55. The van der Waals surface area contributed by atoms with Crippen molar-refractivity contribution in [2.75, 3.05) is 13.1 Å². The van der Waals surface area contributed by atoms with Gasteiger partial charge in [0.15, 0.2) is 0 Å². The molecule has 0 bridgehead atoms. The van der Waals surface area contributed by atoms with E-state index in [1.165, 1.54) is 12.8 Å². The van der Waals surface area contributed by atoms with Crippen LogP contribution in [0.1, 0.15) is 50.8 Å². The summed E-state index contributed by atoms with van der Waals surface area (Å²) < 4.78 is 5.38. The largest absolute Gasteiger partial charge is 0.444 e. The van der Waals surface area contributed by atoms with Gasteiger partial charge in [-0.1, -0.05) is 24.3 Å². The highest BCUT2D eigenvalue weighted by atomic mass is 16.6. The maximum atomic E-state index is 12.1. The van der Waals surface area contributed by atoms with Crippen LogP contribution in [-0.4, -0.2) is 36.0 Å². The van der Waals surface area contributed by atoms with Crippen molar-refractivity contribution in [3.8, 4) is 0 Å². The van der Waals surface area contributed by atoms with Gasteiger partial charge in [0.1, 0.15) is 5.60 Å². The van der Waals surface area contributed by atoms with Gasteiger partial charge < -0.3 is 10.1 Å². The number of hydrogen-bond donors (Lipinski definition) is 1. The van der Waals surface area contributed by atoms with E-state index in [1.807, 2.05) is 57.0 Å². The maximum Gasteiger partial charge on any atom is 0.408 e. The van der Waals surface area contributed by atoms with E-state index in [9.17, 15) is 4.79 Å². The summed E-state index contributed by atoms with van der Waals surface area (Å²) in [5.74, 6) is 0. The van der Waals surface area contributed by atoms with Crippen molar-refractivity contribution in [2.45, 2.75) is 52.2 Å². The van der Waals surface area contributed by atoms with Crippen LogP contribution in [0.25, 0.3) is 0 Å². The maximum absolute atomic E-state index is 12.1. The molecular weight excluding hydrogens is 290 g/mol. The molecule has 0 unspecified atom stereocenters. The monoisotopic (exact) mass is 317 g/mol. The third-order valence-electron chi connectivity index (χ3n) is 3.66. The van der Waals surface area contributed by atoms with Crippen LogP contribution in [0, 0.1) is 6.92 Å². The van der Waals surface area contributed by atoms with Crippen LogP contribution in [0.15, 0.2) is 29.4 Å². The molecule has 1 N–H and O–H groups in total. The lowest BCUT2D eigenvalue weighted by Crippen LogP contribution is -2.36. The van der Waals surface area contributed by atoms with Gasteiger partial charge in [-0.2, -0.15) is 5.10 Å². The van der Waals surface area contributed by atoms with E-state index in [-0.39, 0.29) is 6.04 Å². The summed E-state index contributed by atoms with van der Waals surface area (Å²) in [7, 11) is 0. The molecule has 2 rings (SSSR count). The summed E-state index contributed by atoms with van der Waals surface area (Å²) in [5, 5.41) is 9.49. The van der Waals surface area contributed by atoms with Crippen molar-refractivity contribution in [3.05, 3.63) is 35.4 Å². The van der Waals surface area contributed by atoms with E-state index in [2.05, 4.69) is 10.4 Å². The highest BCUT2D eigenvalue weighted by Crippen LogP contribution is 2.18. The molecule has 0 aliphatic carbocycles. The Hall–Kier alpha value is -2.04.